The number of guanidine groups is 1. The van der Waals surface area contributed by atoms with Crippen LogP contribution in [-0.2, 0) is 11.2 Å². The minimum atomic E-state index is 0.402. The van der Waals surface area contributed by atoms with Gasteiger partial charge in [-0.15, -0.1) is 11.3 Å². The number of likely N-dealkylation sites (tertiary alicyclic amines) is 1. The third kappa shape index (κ3) is 5.53. The van der Waals surface area contributed by atoms with Crippen molar-refractivity contribution in [2.24, 2.45) is 4.99 Å². The molecule has 0 atom stereocenters. The fourth-order valence-corrected chi connectivity index (χ4v) is 4.22. The van der Waals surface area contributed by atoms with Gasteiger partial charge in [-0.3, -0.25) is 4.99 Å². The second kappa shape index (κ2) is 9.85. The number of nitrogens with zero attached hydrogens (tertiary/aromatic N) is 3. The molecule has 1 saturated heterocycles. The van der Waals surface area contributed by atoms with E-state index in [1.807, 2.05) is 7.05 Å². The first-order valence-corrected chi connectivity index (χ1v) is 10.7. The number of aryl methyl sites for hydroxylation is 1. The van der Waals surface area contributed by atoms with Gasteiger partial charge in [0.1, 0.15) is 5.01 Å². The van der Waals surface area contributed by atoms with E-state index in [0.29, 0.717) is 6.10 Å². The molecule has 2 heterocycles. The highest BCUT2D eigenvalue weighted by Crippen LogP contribution is 2.24. The molecule has 146 valence electrons. The van der Waals surface area contributed by atoms with Crippen LogP contribution in [0.15, 0.2) is 34.6 Å². The van der Waals surface area contributed by atoms with Gasteiger partial charge in [0, 0.05) is 50.7 Å². The summed E-state index contributed by atoms with van der Waals surface area (Å²) in [6.45, 7) is 7.81. The molecule has 0 spiro atoms. The van der Waals surface area contributed by atoms with Crippen LogP contribution in [0.25, 0.3) is 10.6 Å². The molecule has 0 radical (unpaired) electrons. The first kappa shape index (κ1) is 19.8. The van der Waals surface area contributed by atoms with Gasteiger partial charge in [0.2, 0.25) is 0 Å². The monoisotopic (exact) mass is 386 g/mol. The van der Waals surface area contributed by atoms with Crippen molar-refractivity contribution >= 4 is 17.3 Å². The van der Waals surface area contributed by atoms with Gasteiger partial charge in [0.15, 0.2) is 5.96 Å². The van der Waals surface area contributed by atoms with Crippen LogP contribution >= 0.6 is 11.3 Å². The summed E-state index contributed by atoms with van der Waals surface area (Å²) in [5.41, 5.74) is 3.60. The van der Waals surface area contributed by atoms with Gasteiger partial charge in [-0.1, -0.05) is 29.8 Å². The van der Waals surface area contributed by atoms with Crippen molar-refractivity contribution in [3.05, 3.63) is 40.9 Å². The standard InChI is InChI=1S/C21H30N4OS/c1-4-26-19-10-13-25(14-11-19)21(22-3)23-12-9-18-15-27-20(24-18)17-7-5-16(2)6-8-17/h5-8,15,19H,4,9-14H2,1-3H3,(H,22,23). The molecule has 1 aliphatic rings. The Kier molecular flexibility index (Phi) is 7.24. The number of hydrogen-bond donors (Lipinski definition) is 1. The quantitative estimate of drug-likeness (QED) is 0.607. The van der Waals surface area contributed by atoms with Crippen LogP contribution in [0.4, 0.5) is 0 Å². The molecule has 0 bridgehead atoms. The minimum Gasteiger partial charge on any atom is -0.378 e. The summed E-state index contributed by atoms with van der Waals surface area (Å²) in [6.07, 6.45) is 3.44. The minimum absolute atomic E-state index is 0.402. The molecule has 1 N–H and O–H groups in total. The van der Waals surface area contributed by atoms with Crippen molar-refractivity contribution in [1.29, 1.82) is 0 Å². The van der Waals surface area contributed by atoms with Gasteiger partial charge in [-0.05, 0) is 26.7 Å². The molecule has 0 saturated carbocycles. The predicted molar refractivity (Wildman–Crippen MR) is 114 cm³/mol. The molecule has 1 fully saturated rings. The van der Waals surface area contributed by atoms with E-state index in [1.165, 1.54) is 11.1 Å². The lowest BCUT2D eigenvalue weighted by molar-refractivity contribution is 0.0264. The largest absolute Gasteiger partial charge is 0.378 e. The van der Waals surface area contributed by atoms with Gasteiger partial charge in [-0.2, -0.15) is 0 Å². The van der Waals surface area contributed by atoms with Crippen LogP contribution in [0.3, 0.4) is 0 Å². The van der Waals surface area contributed by atoms with E-state index in [9.17, 15) is 0 Å². The summed E-state index contributed by atoms with van der Waals surface area (Å²) >= 11 is 1.71. The topological polar surface area (TPSA) is 49.8 Å². The summed E-state index contributed by atoms with van der Waals surface area (Å²) in [5.74, 6) is 0.985. The first-order valence-electron chi connectivity index (χ1n) is 9.78. The molecule has 0 aliphatic carbocycles. The van der Waals surface area contributed by atoms with E-state index < -0.39 is 0 Å². The van der Waals surface area contributed by atoms with Gasteiger partial charge in [-0.25, -0.2) is 4.98 Å². The lowest BCUT2D eigenvalue weighted by Gasteiger charge is -2.34. The highest BCUT2D eigenvalue weighted by molar-refractivity contribution is 7.13. The highest BCUT2D eigenvalue weighted by atomic mass is 32.1. The Labute approximate surface area is 166 Å². The number of thiazole rings is 1. The second-order valence-corrected chi connectivity index (χ2v) is 7.73. The van der Waals surface area contributed by atoms with Gasteiger partial charge in [0.25, 0.3) is 0 Å². The van der Waals surface area contributed by atoms with E-state index >= 15 is 0 Å². The van der Waals surface area contributed by atoms with Crippen LogP contribution in [0, 0.1) is 6.92 Å². The van der Waals surface area contributed by atoms with Crippen LogP contribution in [-0.4, -0.2) is 55.2 Å². The molecular formula is C21H30N4OS. The molecule has 0 unspecified atom stereocenters. The fourth-order valence-electron chi connectivity index (χ4n) is 3.36. The second-order valence-electron chi connectivity index (χ2n) is 6.88. The van der Waals surface area contributed by atoms with E-state index in [1.54, 1.807) is 11.3 Å². The number of benzene rings is 1. The van der Waals surface area contributed by atoms with Crippen molar-refractivity contribution in [2.75, 3.05) is 33.3 Å². The zero-order chi connectivity index (χ0) is 19.1. The maximum Gasteiger partial charge on any atom is 0.193 e. The Bertz CT molecular complexity index is 733. The first-order chi connectivity index (χ1) is 13.2. The Morgan fingerprint density at radius 3 is 2.70 bits per heavy atom. The molecule has 3 rings (SSSR count). The molecule has 0 amide bonds. The number of rotatable bonds is 6. The Morgan fingerprint density at radius 2 is 2.04 bits per heavy atom. The van der Waals surface area contributed by atoms with Crippen molar-refractivity contribution in [3.8, 4) is 10.6 Å². The molecular weight excluding hydrogens is 356 g/mol. The average molecular weight is 387 g/mol. The molecule has 2 aromatic rings. The smallest absolute Gasteiger partial charge is 0.193 e. The third-order valence-electron chi connectivity index (χ3n) is 4.87. The highest BCUT2D eigenvalue weighted by Gasteiger charge is 2.21. The number of nitrogens with one attached hydrogen (secondary N) is 1. The van der Waals surface area contributed by atoms with Crippen LogP contribution < -0.4 is 5.32 Å². The van der Waals surface area contributed by atoms with Crippen LogP contribution in [0.5, 0.6) is 0 Å². The summed E-state index contributed by atoms with van der Waals surface area (Å²) in [7, 11) is 1.86. The van der Waals surface area contributed by atoms with Gasteiger partial charge >= 0.3 is 0 Å². The number of hydrogen-bond acceptors (Lipinski definition) is 4. The Hall–Kier alpha value is -1.92. The summed E-state index contributed by atoms with van der Waals surface area (Å²) in [6, 6.07) is 8.56. The number of aliphatic imine (C=N–C) groups is 1. The fraction of sp³-hybridized carbons (Fsp3) is 0.524. The maximum absolute atomic E-state index is 5.73. The van der Waals surface area contributed by atoms with Crippen molar-refractivity contribution in [1.82, 2.24) is 15.2 Å². The zero-order valence-electron chi connectivity index (χ0n) is 16.6. The van der Waals surface area contributed by atoms with Crippen LogP contribution in [0.2, 0.25) is 0 Å². The maximum atomic E-state index is 5.73. The number of piperidine rings is 1. The molecule has 6 heteroatoms. The van der Waals surface area contributed by atoms with Gasteiger partial charge < -0.3 is 15.0 Å². The van der Waals surface area contributed by atoms with E-state index in [0.717, 1.165) is 62.2 Å². The number of ether oxygens (including phenoxy) is 1. The normalized spacial score (nSPS) is 16.0. The Morgan fingerprint density at radius 1 is 1.30 bits per heavy atom. The molecule has 1 aromatic heterocycles. The molecule has 27 heavy (non-hydrogen) atoms. The lowest BCUT2D eigenvalue weighted by Crippen LogP contribution is -2.47. The van der Waals surface area contributed by atoms with Crippen LogP contribution in [0.1, 0.15) is 31.0 Å². The average Bonchev–Trinajstić information content (AvgIpc) is 3.16. The van der Waals surface area contributed by atoms with E-state index in [-0.39, 0.29) is 0 Å². The number of aromatic nitrogens is 1. The Balaban J connectivity index is 1.47. The summed E-state index contributed by atoms with van der Waals surface area (Å²) in [4.78, 5) is 11.6. The SMILES string of the molecule is CCOC1CCN(C(=NC)NCCc2csc(-c3ccc(C)cc3)n2)CC1. The van der Waals surface area contributed by atoms with Crippen molar-refractivity contribution in [3.63, 3.8) is 0 Å². The predicted octanol–water partition coefficient (Wildman–Crippen LogP) is 3.74. The molecule has 1 aromatic carbocycles. The summed E-state index contributed by atoms with van der Waals surface area (Å²) in [5, 5.41) is 6.74. The lowest BCUT2D eigenvalue weighted by atomic mass is 10.1. The van der Waals surface area contributed by atoms with Crippen molar-refractivity contribution in [2.45, 2.75) is 39.2 Å². The van der Waals surface area contributed by atoms with Gasteiger partial charge in [0.05, 0.1) is 11.8 Å². The molecule has 5 nitrogen and oxygen atoms in total. The summed E-state index contributed by atoms with van der Waals surface area (Å²) < 4.78 is 5.73. The van der Waals surface area contributed by atoms with E-state index in [4.69, 9.17) is 9.72 Å². The van der Waals surface area contributed by atoms with Crippen molar-refractivity contribution < 1.29 is 4.74 Å². The third-order valence-corrected chi connectivity index (χ3v) is 5.81. The zero-order valence-corrected chi connectivity index (χ0v) is 17.4. The van der Waals surface area contributed by atoms with E-state index in [2.05, 4.69) is 58.7 Å². The molecule has 1 aliphatic heterocycles.